The van der Waals surface area contributed by atoms with Crippen molar-refractivity contribution in [3.05, 3.63) is 30.2 Å². The van der Waals surface area contributed by atoms with Crippen LogP contribution in [0.2, 0.25) is 0 Å². The number of nitrogens with zero attached hydrogens (tertiary/aromatic N) is 2. The molecule has 19 heavy (non-hydrogen) atoms. The van der Waals surface area contributed by atoms with Crippen LogP contribution in [0, 0.1) is 5.92 Å². The molecule has 0 radical (unpaired) electrons. The highest BCUT2D eigenvalue weighted by atomic mass is 32.2. The van der Waals surface area contributed by atoms with Gasteiger partial charge < -0.3 is 9.14 Å². The van der Waals surface area contributed by atoms with Gasteiger partial charge in [0.05, 0.1) is 30.5 Å². The summed E-state index contributed by atoms with van der Waals surface area (Å²) in [5.74, 6) is 1.60. The fourth-order valence-electron chi connectivity index (χ4n) is 2.57. The Kier molecular flexibility index (Phi) is 2.97. The molecular formula is C13H16N2O3S. The number of rotatable bonds is 3. The topological polar surface area (TPSA) is 60.7 Å². The Balaban J connectivity index is 1.82. The van der Waals surface area contributed by atoms with Gasteiger partial charge in [-0.05, 0) is 30.9 Å². The van der Waals surface area contributed by atoms with Crippen molar-refractivity contribution in [2.75, 3.05) is 18.6 Å². The van der Waals surface area contributed by atoms with Crippen molar-refractivity contribution in [1.29, 1.82) is 0 Å². The van der Waals surface area contributed by atoms with Crippen LogP contribution in [0.5, 0.6) is 5.75 Å². The van der Waals surface area contributed by atoms with Crippen LogP contribution in [0.1, 0.15) is 12.1 Å². The normalized spacial score (nSPS) is 21.8. The Labute approximate surface area is 112 Å². The van der Waals surface area contributed by atoms with Crippen molar-refractivity contribution in [2.45, 2.75) is 12.8 Å². The lowest BCUT2D eigenvalue weighted by molar-refractivity contribution is 0.412. The second-order valence-electron chi connectivity index (χ2n) is 5.04. The standard InChI is InChI=1S/C13H16N2O3S/c1-18-12-2-3-13-14-11(7-15(13)8-12)6-10-4-5-19(16,17)9-10/h2-3,7-8,10H,4-6,9H2,1H3. The maximum atomic E-state index is 11.4. The molecule has 1 atom stereocenters. The highest BCUT2D eigenvalue weighted by Crippen LogP contribution is 2.23. The predicted molar refractivity (Wildman–Crippen MR) is 72.2 cm³/mol. The van der Waals surface area contributed by atoms with Gasteiger partial charge in [-0.25, -0.2) is 13.4 Å². The first kappa shape index (κ1) is 12.5. The van der Waals surface area contributed by atoms with E-state index in [0.29, 0.717) is 11.5 Å². The highest BCUT2D eigenvalue weighted by Gasteiger charge is 2.28. The van der Waals surface area contributed by atoms with E-state index in [1.54, 1.807) is 7.11 Å². The molecule has 1 unspecified atom stereocenters. The van der Waals surface area contributed by atoms with E-state index in [0.717, 1.165) is 29.9 Å². The van der Waals surface area contributed by atoms with Gasteiger partial charge in [-0.1, -0.05) is 0 Å². The molecule has 1 saturated heterocycles. The summed E-state index contributed by atoms with van der Waals surface area (Å²) in [6.45, 7) is 0. The summed E-state index contributed by atoms with van der Waals surface area (Å²) in [6, 6.07) is 3.76. The lowest BCUT2D eigenvalue weighted by Gasteiger charge is -2.03. The molecule has 0 aromatic carbocycles. The maximum Gasteiger partial charge on any atom is 0.150 e. The molecule has 1 aliphatic heterocycles. The summed E-state index contributed by atoms with van der Waals surface area (Å²) in [5, 5.41) is 0. The zero-order chi connectivity index (χ0) is 13.5. The van der Waals surface area contributed by atoms with Crippen LogP contribution < -0.4 is 4.74 Å². The third-order valence-corrected chi connectivity index (χ3v) is 5.37. The Morgan fingerprint density at radius 2 is 2.26 bits per heavy atom. The first-order valence-electron chi connectivity index (χ1n) is 6.28. The number of aromatic nitrogens is 2. The molecule has 0 spiro atoms. The van der Waals surface area contributed by atoms with Crippen LogP contribution >= 0.6 is 0 Å². The Bertz CT molecular complexity index is 706. The Morgan fingerprint density at radius 1 is 1.42 bits per heavy atom. The Hall–Kier alpha value is -1.56. The van der Waals surface area contributed by atoms with Gasteiger partial charge in [0.2, 0.25) is 0 Å². The molecule has 3 rings (SSSR count). The second-order valence-corrected chi connectivity index (χ2v) is 7.27. The largest absolute Gasteiger partial charge is 0.495 e. The van der Waals surface area contributed by atoms with E-state index < -0.39 is 9.84 Å². The molecular weight excluding hydrogens is 264 g/mol. The fourth-order valence-corrected chi connectivity index (χ4v) is 4.43. The predicted octanol–water partition coefficient (Wildman–Crippen LogP) is 1.32. The zero-order valence-electron chi connectivity index (χ0n) is 10.7. The zero-order valence-corrected chi connectivity index (χ0v) is 11.6. The Morgan fingerprint density at radius 3 is 2.95 bits per heavy atom. The van der Waals surface area contributed by atoms with Crippen LogP contribution in [-0.4, -0.2) is 36.4 Å². The molecule has 102 valence electrons. The molecule has 1 fully saturated rings. The van der Waals surface area contributed by atoms with E-state index in [4.69, 9.17) is 4.74 Å². The van der Waals surface area contributed by atoms with Crippen LogP contribution in [0.25, 0.3) is 5.65 Å². The summed E-state index contributed by atoms with van der Waals surface area (Å²) in [6.07, 6.45) is 5.29. The van der Waals surface area contributed by atoms with Crippen molar-refractivity contribution in [1.82, 2.24) is 9.38 Å². The van der Waals surface area contributed by atoms with Gasteiger partial charge in [-0.15, -0.1) is 0 Å². The molecule has 3 heterocycles. The van der Waals surface area contributed by atoms with E-state index in [-0.39, 0.29) is 5.92 Å². The number of ether oxygens (including phenoxy) is 1. The van der Waals surface area contributed by atoms with Crippen molar-refractivity contribution in [3.63, 3.8) is 0 Å². The van der Waals surface area contributed by atoms with Crippen molar-refractivity contribution in [2.24, 2.45) is 5.92 Å². The highest BCUT2D eigenvalue weighted by molar-refractivity contribution is 7.91. The second kappa shape index (κ2) is 4.52. The van der Waals surface area contributed by atoms with Crippen molar-refractivity contribution < 1.29 is 13.2 Å². The van der Waals surface area contributed by atoms with Gasteiger partial charge in [-0.2, -0.15) is 0 Å². The molecule has 1 aliphatic rings. The quantitative estimate of drug-likeness (QED) is 0.850. The van der Waals surface area contributed by atoms with Gasteiger partial charge in [0.25, 0.3) is 0 Å². The van der Waals surface area contributed by atoms with Gasteiger partial charge in [0, 0.05) is 6.20 Å². The summed E-state index contributed by atoms with van der Waals surface area (Å²) >= 11 is 0. The monoisotopic (exact) mass is 280 g/mol. The number of methoxy groups -OCH3 is 1. The average Bonchev–Trinajstić information content (AvgIpc) is 2.91. The van der Waals surface area contributed by atoms with Crippen LogP contribution in [0.15, 0.2) is 24.5 Å². The van der Waals surface area contributed by atoms with Gasteiger partial charge in [-0.3, -0.25) is 0 Å². The van der Waals surface area contributed by atoms with Crippen LogP contribution in [0.3, 0.4) is 0 Å². The van der Waals surface area contributed by atoms with Gasteiger partial charge >= 0.3 is 0 Å². The lowest BCUT2D eigenvalue weighted by Crippen LogP contribution is -2.07. The lowest BCUT2D eigenvalue weighted by atomic mass is 10.0. The molecule has 2 aromatic rings. The molecule has 0 amide bonds. The summed E-state index contributed by atoms with van der Waals surface area (Å²) in [4.78, 5) is 4.51. The van der Waals surface area contributed by atoms with Crippen LogP contribution in [0.4, 0.5) is 0 Å². The summed E-state index contributed by atoms with van der Waals surface area (Å²) in [5.41, 5.74) is 1.80. The third-order valence-electron chi connectivity index (χ3n) is 3.53. The minimum atomic E-state index is -2.81. The molecule has 0 aliphatic carbocycles. The number of pyridine rings is 1. The van der Waals surface area contributed by atoms with Gasteiger partial charge in [0.1, 0.15) is 11.4 Å². The minimum absolute atomic E-state index is 0.205. The smallest absolute Gasteiger partial charge is 0.150 e. The molecule has 0 bridgehead atoms. The minimum Gasteiger partial charge on any atom is -0.495 e. The average molecular weight is 280 g/mol. The van der Waals surface area contributed by atoms with E-state index >= 15 is 0 Å². The number of hydrogen-bond acceptors (Lipinski definition) is 4. The van der Waals surface area contributed by atoms with E-state index in [1.165, 1.54) is 0 Å². The first-order chi connectivity index (χ1) is 9.05. The molecule has 2 aromatic heterocycles. The molecule has 5 nitrogen and oxygen atoms in total. The van der Waals surface area contributed by atoms with E-state index in [9.17, 15) is 8.42 Å². The third kappa shape index (κ3) is 2.58. The van der Waals surface area contributed by atoms with E-state index in [1.807, 2.05) is 28.9 Å². The number of fused-ring (bicyclic) bond motifs is 1. The number of hydrogen-bond donors (Lipinski definition) is 0. The molecule has 0 N–H and O–H groups in total. The fraction of sp³-hybridized carbons (Fsp3) is 0.462. The molecule has 6 heteroatoms. The number of imidazole rings is 1. The van der Waals surface area contributed by atoms with Crippen molar-refractivity contribution in [3.8, 4) is 5.75 Å². The summed E-state index contributed by atoms with van der Waals surface area (Å²) < 4.78 is 30.0. The SMILES string of the molecule is COc1ccc2nc(CC3CCS(=O)(=O)C3)cn2c1. The molecule has 0 saturated carbocycles. The van der Waals surface area contributed by atoms with Gasteiger partial charge in [0.15, 0.2) is 9.84 Å². The van der Waals surface area contributed by atoms with Crippen LogP contribution in [-0.2, 0) is 16.3 Å². The van der Waals surface area contributed by atoms with Crippen molar-refractivity contribution >= 4 is 15.5 Å². The first-order valence-corrected chi connectivity index (χ1v) is 8.10. The summed E-state index contributed by atoms with van der Waals surface area (Å²) in [7, 11) is -1.18. The maximum absolute atomic E-state index is 11.4. The number of sulfone groups is 1. The van der Waals surface area contributed by atoms with E-state index in [2.05, 4.69) is 4.98 Å².